The molecule has 0 saturated heterocycles. The lowest BCUT2D eigenvalue weighted by atomic mass is 10.2. The molecule has 6 heteroatoms. The summed E-state index contributed by atoms with van der Waals surface area (Å²) in [7, 11) is 0. The third kappa shape index (κ3) is 17.4. The fourth-order valence-electron chi connectivity index (χ4n) is 1.43. The number of hydrogen-bond donors (Lipinski definition) is 0. The van der Waals surface area contributed by atoms with Crippen molar-refractivity contribution in [3.8, 4) is 0 Å². The van der Waals surface area contributed by atoms with E-state index in [9.17, 15) is 4.79 Å². The van der Waals surface area contributed by atoms with Crippen molar-refractivity contribution in [1.82, 2.24) is 0 Å². The Hall–Kier alpha value is -0.690. The van der Waals surface area contributed by atoms with E-state index in [4.69, 9.17) is 23.7 Å². The minimum atomic E-state index is -0.478. The summed E-state index contributed by atoms with van der Waals surface area (Å²) in [6.07, 6.45) is 2.23. The van der Waals surface area contributed by atoms with E-state index in [-0.39, 0.29) is 12.6 Å². The first-order valence-corrected chi connectivity index (χ1v) is 7.98. The Morgan fingerprint density at radius 1 is 0.773 bits per heavy atom. The Morgan fingerprint density at radius 3 is 1.68 bits per heavy atom. The molecule has 0 bridgehead atoms. The first-order valence-electron chi connectivity index (χ1n) is 7.98. The maximum Gasteiger partial charge on any atom is 0.332 e. The molecule has 0 N–H and O–H groups in total. The van der Waals surface area contributed by atoms with Crippen LogP contribution >= 0.6 is 0 Å². The predicted molar refractivity (Wildman–Crippen MR) is 84.0 cm³/mol. The summed E-state index contributed by atoms with van der Waals surface area (Å²) in [4.78, 5) is 11.3. The molecule has 6 nitrogen and oxygen atoms in total. The molecule has 0 atom stereocenters. The number of hydrogen-bond acceptors (Lipinski definition) is 6. The van der Waals surface area contributed by atoms with Crippen LogP contribution in [0.1, 0.15) is 40.5 Å². The molecule has 0 radical (unpaired) electrons. The third-order valence-electron chi connectivity index (χ3n) is 2.40. The molecule has 132 valence electrons. The molecular weight excluding hydrogens is 288 g/mol. The number of esters is 1. The van der Waals surface area contributed by atoms with Crippen LogP contribution in [-0.2, 0) is 28.5 Å². The van der Waals surface area contributed by atoms with Gasteiger partial charge in [-0.3, -0.25) is 0 Å². The second-order valence-electron chi connectivity index (χ2n) is 5.83. The van der Waals surface area contributed by atoms with Gasteiger partial charge in [-0.2, -0.15) is 0 Å². The monoisotopic (exact) mass is 320 g/mol. The van der Waals surface area contributed by atoms with Gasteiger partial charge in [0.15, 0.2) is 0 Å². The molecule has 0 rings (SSSR count). The van der Waals surface area contributed by atoms with E-state index >= 15 is 0 Å². The predicted octanol–water partition coefficient (Wildman–Crippen LogP) is 2.19. The first-order chi connectivity index (χ1) is 10.5. The molecule has 0 aliphatic carbocycles. The maximum absolute atomic E-state index is 11.3. The van der Waals surface area contributed by atoms with Gasteiger partial charge in [0.25, 0.3) is 0 Å². The number of rotatable bonds is 14. The van der Waals surface area contributed by atoms with Gasteiger partial charge in [-0.05, 0) is 27.2 Å². The normalized spacial score (nSPS) is 11.6. The molecule has 0 amide bonds. The van der Waals surface area contributed by atoms with E-state index < -0.39 is 5.60 Å². The molecule has 0 fully saturated rings. The highest BCUT2D eigenvalue weighted by Gasteiger charge is 2.15. The van der Waals surface area contributed by atoms with Gasteiger partial charge in [-0.25, -0.2) is 4.79 Å². The number of unbranched alkanes of at least 4 members (excludes halogenated alkanes) is 1. The van der Waals surface area contributed by atoms with Gasteiger partial charge in [-0.15, -0.1) is 0 Å². The molecule has 0 aromatic heterocycles. The zero-order chi connectivity index (χ0) is 16.7. The van der Waals surface area contributed by atoms with Crippen molar-refractivity contribution in [2.75, 3.05) is 52.9 Å². The lowest BCUT2D eigenvalue weighted by molar-refractivity contribution is -0.160. The highest BCUT2D eigenvalue weighted by atomic mass is 16.6. The fourth-order valence-corrected chi connectivity index (χ4v) is 1.43. The first kappa shape index (κ1) is 21.3. The molecule has 22 heavy (non-hydrogen) atoms. The van der Waals surface area contributed by atoms with Crippen molar-refractivity contribution in [2.45, 2.75) is 46.1 Å². The Bertz CT molecular complexity index is 262. The SMILES string of the molecule is CCCCOCCOCCOCCOCC(=O)OC(C)(C)C. The van der Waals surface area contributed by atoms with Gasteiger partial charge in [-0.1, -0.05) is 13.3 Å². The summed E-state index contributed by atoms with van der Waals surface area (Å²) in [6, 6.07) is 0. The van der Waals surface area contributed by atoms with Crippen molar-refractivity contribution in [3.05, 3.63) is 0 Å². The van der Waals surface area contributed by atoms with E-state index in [1.165, 1.54) is 0 Å². The second kappa shape index (κ2) is 13.9. The summed E-state index contributed by atoms with van der Waals surface area (Å²) in [5.41, 5.74) is -0.478. The summed E-state index contributed by atoms with van der Waals surface area (Å²) in [6.45, 7) is 11.4. The number of ether oxygens (including phenoxy) is 5. The number of carbonyl (C=O) groups excluding carboxylic acids is 1. The van der Waals surface area contributed by atoms with Crippen molar-refractivity contribution in [1.29, 1.82) is 0 Å². The Labute approximate surface area is 134 Å². The Morgan fingerprint density at radius 2 is 1.23 bits per heavy atom. The van der Waals surface area contributed by atoms with Crippen molar-refractivity contribution < 1.29 is 28.5 Å². The van der Waals surface area contributed by atoms with Crippen LogP contribution in [0, 0.1) is 0 Å². The van der Waals surface area contributed by atoms with Crippen LogP contribution in [0.5, 0.6) is 0 Å². The summed E-state index contributed by atoms with van der Waals surface area (Å²) in [5, 5.41) is 0. The van der Waals surface area contributed by atoms with Gasteiger partial charge >= 0.3 is 5.97 Å². The van der Waals surface area contributed by atoms with Crippen LogP contribution in [0.4, 0.5) is 0 Å². The van der Waals surface area contributed by atoms with Gasteiger partial charge in [0.2, 0.25) is 0 Å². The fraction of sp³-hybridized carbons (Fsp3) is 0.938. The molecule has 0 aliphatic heterocycles. The van der Waals surface area contributed by atoms with Crippen molar-refractivity contribution in [2.24, 2.45) is 0 Å². The van der Waals surface area contributed by atoms with Gasteiger partial charge in [0, 0.05) is 6.61 Å². The van der Waals surface area contributed by atoms with E-state index in [0.29, 0.717) is 39.6 Å². The van der Waals surface area contributed by atoms with Gasteiger partial charge in [0.1, 0.15) is 12.2 Å². The summed E-state index contributed by atoms with van der Waals surface area (Å²) >= 11 is 0. The second-order valence-corrected chi connectivity index (χ2v) is 5.83. The van der Waals surface area contributed by atoms with Crippen LogP contribution in [-0.4, -0.2) is 64.4 Å². The Kier molecular flexibility index (Phi) is 13.5. The van der Waals surface area contributed by atoms with E-state index in [1.807, 2.05) is 20.8 Å². The highest BCUT2D eigenvalue weighted by molar-refractivity contribution is 5.71. The average molecular weight is 320 g/mol. The van der Waals surface area contributed by atoms with Crippen LogP contribution < -0.4 is 0 Å². The third-order valence-corrected chi connectivity index (χ3v) is 2.40. The summed E-state index contributed by atoms with van der Waals surface area (Å²) in [5.74, 6) is -0.362. The van der Waals surface area contributed by atoms with Crippen molar-refractivity contribution >= 4 is 5.97 Å². The smallest absolute Gasteiger partial charge is 0.332 e. The molecule has 0 saturated carbocycles. The quantitative estimate of drug-likeness (QED) is 0.361. The standard InChI is InChI=1S/C16H32O6/c1-5-6-7-18-8-9-19-10-11-20-12-13-21-14-15(17)22-16(2,3)4/h5-14H2,1-4H3. The molecular formula is C16H32O6. The Balaban J connectivity index is 3.16. The van der Waals surface area contributed by atoms with Gasteiger partial charge < -0.3 is 23.7 Å². The van der Waals surface area contributed by atoms with Crippen LogP contribution in [0.3, 0.4) is 0 Å². The lowest BCUT2D eigenvalue weighted by Gasteiger charge is -2.19. The van der Waals surface area contributed by atoms with Crippen LogP contribution in [0.2, 0.25) is 0 Å². The molecule has 0 aromatic carbocycles. The molecule has 0 aromatic rings. The number of carbonyl (C=O) groups is 1. The topological polar surface area (TPSA) is 63.2 Å². The van der Waals surface area contributed by atoms with Crippen LogP contribution in [0.25, 0.3) is 0 Å². The van der Waals surface area contributed by atoms with Crippen LogP contribution in [0.15, 0.2) is 0 Å². The van der Waals surface area contributed by atoms with E-state index in [0.717, 1.165) is 19.4 Å². The zero-order valence-corrected chi connectivity index (χ0v) is 14.5. The highest BCUT2D eigenvalue weighted by Crippen LogP contribution is 2.06. The lowest BCUT2D eigenvalue weighted by Crippen LogP contribution is -2.27. The largest absolute Gasteiger partial charge is 0.458 e. The average Bonchev–Trinajstić information content (AvgIpc) is 2.42. The molecule has 0 unspecified atom stereocenters. The van der Waals surface area contributed by atoms with E-state index in [2.05, 4.69) is 6.92 Å². The molecule has 0 aliphatic rings. The maximum atomic E-state index is 11.3. The minimum absolute atomic E-state index is 0.0494. The zero-order valence-electron chi connectivity index (χ0n) is 14.5. The molecule has 0 spiro atoms. The van der Waals surface area contributed by atoms with Gasteiger partial charge in [0.05, 0.1) is 39.6 Å². The summed E-state index contributed by atoms with van der Waals surface area (Å²) < 4.78 is 26.3. The van der Waals surface area contributed by atoms with Crippen molar-refractivity contribution in [3.63, 3.8) is 0 Å². The molecule has 0 heterocycles. The van der Waals surface area contributed by atoms with E-state index in [1.54, 1.807) is 0 Å². The minimum Gasteiger partial charge on any atom is -0.458 e.